The molecule has 0 bridgehead atoms. The zero-order valence-electron chi connectivity index (χ0n) is 15.3. The molecule has 0 spiro atoms. The zero-order valence-corrected chi connectivity index (χ0v) is 16.0. The third-order valence-electron chi connectivity index (χ3n) is 3.91. The van der Waals surface area contributed by atoms with Gasteiger partial charge in [0.05, 0.1) is 13.3 Å². The van der Waals surface area contributed by atoms with Crippen molar-refractivity contribution >= 4 is 23.7 Å². The van der Waals surface area contributed by atoms with Crippen molar-refractivity contribution in [3.8, 4) is 11.5 Å². The van der Waals surface area contributed by atoms with Gasteiger partial charge in [0, 0.05) is 10.6 Å². The van der Waals surface area contributed by atoms with Gasteiger partial charge in [-0.1, -0.05) is 35.9 Å². The maximum absolute atomic E-state index is 12.1. The van der Waals surface area contributed by atoms with Crippen LogP contribution in [0.4, 0.5) is 0 Å². The van der Waals surface area contributed by atoms with E-state index < -0.39 is 0 Å². The van der Waals surface area contributed by atoms with Crippen molar-refractivity contribution in [2.24, 2.45) is 5.10 Å². The largest absolute Gasteiger partial charge is 0.497 e. The van der Waals surface area contributed by atoms with Crippen molar-refractivity contribution in [3.05, 3.63) is 94.5 Å². The molecule has 0 saturated heterocycles. The van der Waals surface area contributed by atoms with Crippen LogP contribution in [0.2, 0.25) is 5.02 Å². The Kier molecular flexibility index (Phi) is 6.65. The molecule has 0 radical (unpaired) electrons. The molecule has 0 fully saturated rings. The molecular weight excluding hydrogens is 376 g/mol. The third kappa shape index (κ3) is 5.59. The Hall–Kier alpha value is -3.31. The highest BCUT2D eigenvalue weighted by molar-refractivity contribution is 6.30. The number of nitrogens with zero attached hydrogens (tertiary/aromatic N) is 1. The SMILES string of the molecule is COc1ccc(C(=O)NN=Cc2cccc(OCc3ccc(Cl)cc3)c2)cc1. The number of hydrogen-bond donors (Lipinski definition) is 1. The van der Waals surface area contributed by atoms with E-state index in [9.17, 15) is 4.79 Å². The Morgan fingerprint density at radius 3 is 2.50 bits per heavy atom. The molecule has 3 aromatic rings. The number of carbonyl (C=O) groups is 1. The van der Waals surface area contributed by atoms with Crippen LogP contribution in [0.5, 0.6) is 11.5 Å². The summed E-state index contributed by atoms with van der Waals surface area (Å²) >= 11 is 5.88. The smallest absolute Gasteiger partial charge is 0.271 e. The zero-order chi connectivity index (χ0) is 19.8. The fourth-order valence-electron chi connectivity index (χ4n) is 2.40. The number of amides is 1. The van der Waals surface area contributed by atoms with Crippen LogP contribution in [0.15, 0.2) is 77.9 Å². The molecule has 0 atom stereocenters. The molecule has 0 aliphatic rings. The van der Waals surface area contributed by atoms with E-state index in [0.29, 0.717) is 28.7 Å². The molecule has 3 rings (SSSR count). The van der Waals surface area contributed by atoms with Crippen molar-refractivity contribution in [2.75, 3.05) is 7.11 Å². The molecule has 1 N–H and O–H groups in total. The van der Waals surface area contributed by atoms with Crippen molar-refractivity contribution < 1.29 is 14.3 Å². The van der Waals surface area contributed by atoms with Crippen LogP contribution in [0.25, 0.3) is 0 Å². The number of benzene rings is 3. The third-order valence-corrected chi connectivity index (χ3v) is 4.16. The van der Waals surface area contributed by atoms with Crippen LogP contribution in [0.3, 0.4) is 0 Å². The molecule has 3 aromatic carbocycles. The summed E-state index contributed by atoms with van der Waals surface area (Å²) in [7, 11) is 1.58. The molecule has 142 valence electrons. The van der Waals surface area contributed by atoms with Gasteiger partial charge in [-0.2, -0.15) is 5.10 Å². The van der Waals surface area contributed by atoms with Crippen molar-refractivity contribution in [1.29, 1.82) is 0 Å². The fraction of sp³-hybridized carbons (Fsp3) is 0.0909. The van der Waals surface area contributed by atoms with E-state index in [2.05, 4.69) is 10.5 Å². The molecular formula is C22H19ClN2O3. The van der Waals surface area contributed by atoms with E-state index in [1.807, 2.05) is 48.5 Å². The summed E-state index contributed by atoms with van der Waals surface area (Å²) in [5.74, 6) is 1.10. The minimum atomic E-state index is -0.297. The van der Waals surface area contributed by atoms with E-state index in [0.717, 1.165) is 11.1 Å². The Morgan fingerprint density at radius 2 is 1.79 bits per heavy atom. The van der Waals surface area contributed by atoms with Crippen LogP contribution < -0.4 is 14.9 Å². The molecule has 6 heteroatoms. The minimum Gasteiger partial charge on any atom is -0.497 e. The van der Waals surface area contributed by atoms with Crippen molar-refractivity contribution in [2.45, 2.75) is 6.61 Å². The summed E-state index contributed by atoms with van der Waals surface area (Å²) in [6.45, 7) is 0.436. The first-order valence-corrected chi connectivity index (χ1v) is 8.96. The van der Waals surface area contributed by atoms with Gasteiger partial charge in [0.25, 0.3) is 5.91 Å². The summed E-state index contributed by atoms with van der Waals surface area (Å²) in [5, 5.41) is 4.70. The number of ether oxygens (including phenoxy) is 2. The molecule has 28 heavy (non-hydrogen) atoms. The van der Waals surface area contributed by atoms with Crippen LogP contribution in [0.1, 0.15) is 21.5 Å². The maximum Gasteiger partial charge on any atom is 0.271 e. The van der Waals surface area contributed by atoms with Gasteiger partial charge in [-0.3, -0.25) is 4.79 Å². The number of hydrogen-bond acceptors (Lipinski definition) is 4. The standard InChI is InChI=1S/C22H19ClN2O3/c1-27-20-11-7-18(8-12-20)22(26)25-24-14-17-3-2-4-21(13-17)28-15-16-5-9-19(23)10-6-16/h2-14H,15H2,1H3,(H,25,26). The highest BCUT2D eigenvalue weighted by atomic mass is 35.5. The number of rotatable bonds is 7. The number of halogens is 1. The molecule has 5 nitrogen and oxygen atoms in total. The first-order valence-electron chi connectivity index (χ1n) is 8.59. The highest BCUT2D eigenvalue weighted by Gasteiger charge is 2.04. The van der Waals surface area contributed by atoms with Gasteiger partial charge in [0.1, 0.15) is 18.1 Å². The van der Waals surface area contributed by atoms with Crippen LogP contribution in [-0.4, -0.2) is 19.2 Å². The van der Waals surface area contributed by atoms with Crippen LogP contribution >= 0.6 is 11.6 Å². The monoisotopic (exact) mass is 394 g/mol. The quantitative estimate of drug-likeness (QED) is 0.467. The second-order valence-electron chi connectivity index (χ2n) is 5.92. The van der Waals surface area contributed by atoms with Gasteiger partial charge in [0.2, 0.25) is 0 Å². The van der Waals surface area contributed by atoms with Crippen molar-refractivity contribution in [1.82, 2.24) is 5.43 Å². The van der Waals surface area contributed by atoms with Gasteiger partial charge < -0.3 is 9.47 Å². The molecule has 0 saturated carbocycles. The predicted molar refractivity (Wildman–Crippen MR) is 110 cm³/mol. The normalized spacial score (nSPS) is 10.6. The molecule has 0 unspecified atom stereocenters. The Morgan fingerprint density at radius 1 is 1.04 bits per heavy atom. The van der Waals surface area contributed by atoms with Crippen LogP contribution in [0, 0.1) is 0 Å². The lowest BCUT2D eigenvalue weighted by Gasteiger charge is -2.07. The fourth-order valence-corrected chi connectivity index (χ4v) is 2.53. The Labute approximate surface area is 168 Å². The lowest BCUT2D eigenvalue weighted by Crippen LogP contribution is -2.17. The Balaban J connectivity index is 1.55. The average molecular weight is 395 g/mol. The minimum absolute atomic E-state index is 0.297. The highest BCUT2D eigenvalue weighted by Crippen LogP contribution is 2.16. The first-order chi connectivity index (χ1) is 13.6. The summed E-state index contributed by atoms with van der Waals surface area (Å²) in [6.07, 6.45) is 1.57. The number of carbonyl (C=O) groups excluding carboxylic acids is 1. The second kappa shape index (κ2) is 9.58. The number of methoxy groups -OCH3 is 1. The predicted octanol–water partition coefficient (Wildman–Crippen LogP) is 4.69. The molecule has 1 amide bonds. The van der Waals surface area contributed by atoms with Gasteiger partial charge >= 0.3 is 0 Å². The van der Waals surface area contributed by atoms with Crippen molar-refractivity contribution in [3.63, 3.8) is 0 Å². The molecule has 0 aromatic heterocycles. The number of nitrogens with one attached hydrogen (secondary N) is 1. The van der Waals surface area contributed by atoms with Gasteiger partial charge in [-0.25, -0.2) is 5.43 Å². The molecule has 0 heterocycles. The van der Waals surface area contributed by atoms with Gasteiger partial charge in [0.15, 0.2) is 0 Å². The lowest BCUT2D eigenvalue weighted by atomic mass is 10.2. The Bertz CT molecular complexity index is 954. The van der Waals surface area contributed by atoms with Gasteiger partial charge in [-0.05, 0) is 59.7 Å². The van der Waals surface area contributed by atoms with Gasteiger partial charge in [-0.15, -0.1) is 0 Å². The maximum atomic E-state index is 12.1. The van der Waals surface area contributed by atoms with E-state index >= 15 is 0 Å². The molecule has 0 aliphatic heterocycles. The molecule has 0 aliphatic carbocycles. The van der Waals surface area contributed by atoms with E-state index in [1.165, 1.54) is 0 Å². The summed E-state index contributed by atoms with van der Waals surface area (Å²) in [4.78, 5) is 12.1. The topological polar surface area (TPSA) is 59.9 Å². The number of hydrazone groups is 1. The van der Waals surface area contributed by atoms with Crippen LogP contribution in [-0.2, 0) is 6.61 Å². The summed E-state index contributed by atoms with van der Waals surface area (Å²) < 4.78 is 10.9. The first kappa shape index (κ1) is 19.5. The summed E-state index contributed by atoms with van der Waals surface area (Å²) in [6, 6.07) is 21.7. The average Bonchev–Trinajstić information content (AvgIpc) is 2.73. The second-order valence-corrected chi connectivity index (χ2v) is 6.35. The van der Waals surface area contributed by atoms with E-state index in [1.54, 1.807) is 37.6 Å². The van der Waals surface area contributed by atoms with E-state index in [4.69, 9.17) is 21.1 Å². The van der Waals surface area contributed by atoms with E-state index in [-0.39, 0.29) is 5.91 Å². The summed E-state index contributed by atoms with van der Waals surface area (Å²) in [5.41, 5.74) is 4.83. The lowest BCUT2D eigenvalue weighted by molar-refractivity contribution is 0.0955.